The summed E-state index contributed by atoms with van der Waals surface area (Å²) in [5, 5.41) is -0.523. The molecule has 22 heavy (non-hydrogen) atoms. The summed E-state index contributed by atoms with van der Waals surface area (Å²) in [5.41, 5.74) is 0.701. The third-order valence-electron chi connectivity index (χ3n) is 4.44. The summed E-state index contributed by atoms with van der Waals surface area (Å²) >= 11 is 0. The van der Waals surface area contributed by atoms with E-state index >= 15 is 0 Å². The highest BCUT2D eigenvalue weighted by Gasteiger charge is 2.50. The van der Waals surface area contributed by atoms with Gasteiger partial charge < -0.3 is 4.90 Å². The van der Waals surface area contributed by atoms with Gasteiger partial charge in [0.15, 0.2) is 0 Å². The predicted octanol–water partition coefficient (Wildman–Crippen LogP) is 1.03. The molecule has 1 fully saturated rings. The maximum atomic E-state index is 12.8. The Morgan fingerprint density at radius 3 is 2.68 bits per heavy atom. The second-order valence-electron chi connectivity index (χ2n) is 5.72. The van der Waals surface area contributed by atoms with Gasteiger partial charge in [-0.25, -0.2) is 17.5 Å². The molecule has 0 aromatic heterocycles. The van der Waals surface area contributed by atoms with Crippen LogP contribution in [-0.2, 0) is 21.4 Å². The molecule has 3 atom stereocenters. The number of rotatable bonds is 4. The largest absolute Gasteiger partial charge is 0.339 e. The van der Waals surface area contributed by atoms with E-state index in [-0.39, 0.29) is 30.2 Å². The summed E-state index contributed by atoms with van der Waals surface area (Å²) in [5.74, 6) is -0.599. The van der Waals surface area contributed by atoms with Gasteiger partial charge in [0, 0.05) is 25.6 Å². The van der Waals surface area contributed by atoms with Crippen molar-refractivity contribution in [2.75, 3.05) is 7.05 Å². The molecule has 1 aromatic carbocycles. The highest BCUT2D eigenvalue weighted by molar-refractivity contribution is 7.90. The van der Waals surface area contributed by atoms with Crippen LogP contribution in [0, 0.1) is 11.7 Å². The Hall–Kier alpha value is -1.73. The molecular formula is C15H17FN2O3S. The lowest BCUT2D eigenvalue weighted by molar-refractivity contribution is -0.130. The van der Waals surface area contributed by atoms with E-state index < -0.39 is 15.3 Å². The van der Waals surface area contributed by atoms with Crippen LogP contribution in [0.2, 0.25) is 0 Å². The molecule has 2 aliphatic rings. The van der Waals surface area contributed by atoms with Gasteiger partial charge in [0.2, 0.25) is 15.9 Å². The second kappa shape index (κ2) is 5.48. The van der Waals surface area contributed by atoms with Crippen LogP contribution in [0.15, 0.2) is 36.4 Å². The lowest BCUT2D eigenvalue weighted by atomic mass is 9.76. The van der Waals surface area contributed by atoms with Crippen molar-refractivity contribution in [3.8, 4) is 0 Å². The van der Waals surface area contributed by atoms with Crippen molar-refractivity contribution in [3.05, 3.63) is 47.8 Å². The van der Waals surface area contributed by atoms with E-state index in [1.807, 2.05) is 0 Å². The van der Waals surface area contributed by atoms with Crippen molar-refractivity contribution >= 4 is 15.9 Å². The maximum absolute atomic E-state index is 12.8. The Labute approximate surface area is 128 Å². The van der Waals surface area contributed by atoms with Gasteiger partial charge in [-0.2, -0.15) is 0 Å². The first-order chi connectivity index (χ1) is 10.4. The maximum Gasteiger partial charge on any atom is 0.246 e. The van der Waals surface area contributed by atoms with Crippen LogP contribution < -0.4 is 4.72 Å². The topological polar surface area (TPSA) is 66.5 Å². The molecule has 118 valence electrons. The summed E-state index contributed by atoms with van der Waals surface area (Å²) < 4.78 is 40.1. The van der Waals surface area contributed by atoms with Crippen LogP contribution in [0.3, 0.4) is 0 Å². The minimum absolute atomic E-state index is 0.0371. The average molecular weight is 324 g/mol. The SMILES string of the molecule is CN1C(=O)C=C[C@@H]2[C@H]1C[C@H]2S(=O)(=O)NCc1ccc(F)cc1. The van der Waals surface area contributed by atoms with Gasteiger partial charge in [-0.3, -0.25) is 4.79 Å². The Bertz CT molecular complexity index is 715. The Morgan fingerprint density at radius 1 is 1.32 bits per heavy atom. The quantitative estimate of drug-likeness (QED) is 0.899. The van der Waals surface area contributed by atoms with Crippen molar-refractivity contribution in [1.29, 1.82) is 0 Å². The number of carbonyl (C=O) groups excluding carboxylic acids is 1. The van der Waals surface area contributed by atoms with Gasteiger partial charge in [0.05, 0.1) is 5.25 Å². The molecule has 1 amide bonds. The number of halogens is 1. The first-order valence-electron chi connectivity index (χ1n) is 7.06. The first kappa shape index (κ1) is 15.2. The minimum Gasteiger partial charge on any atom is -0.339 e. The van der Waals surface area contributed by atoms with Crippen LogP contribution in [-0.4, -0.2) is 37.6 Å². The molecule has 0 radical (unpaired) electrons. The van der Waals surface area contributed by atoms with Gasteiger partial charge in [-0.1, -0.05) is 18.2 Å². The standard InChI is InChI=1S/C15H17FN2O3S/c1-18-13-8-14(12(13)6-7-15(18)19)22(20,21)17-9-10-2-4-11(16)5-3-10/h2-7,12-14,17H,8-9H2,1H3/t12-,13-,14-/m1/s1. The fourth-order valence-corrected chi connectivity index (χ4v) is 4.69. The third-order valence-corrected chi connectivity index (χ3v) is 6.29. The number of amides is 1. The van der Waals surface area contributed by atoms with Gasteiger partial charge >= 0.3 is 0 Å². The molecule has 0 unspecified atom stereocenters. The van der Waals surface area contributed by atoms with Gasteiger partial charge in [-0.15, -0.1) is 0 Å². The Morgan fingerprint density at radius 2 is 2.00 bits per heavy atom. The van der Waals surface area contributed by atoms with Crippen molar-refractivity contribution in [3.63, 3.8) is 0 Å². The molecule has 1 aromatic rings. The summed E-state index contributed by atoms with van der Waals surface area (Å²) in [4.78, 5) is 13.1. The number of carbonyl (C=O) groups is 1. The molecule has 1 heterocycles. The molecule has 1 aliphatic heterocycles. The average Bonchev–Trinajstić information content (AvgIpc) is 2.44. The molecule has 5 nitrogen and oxygen atoms in total. The number of likely N-dealkylation sites (N-methyl/N-ethyl adjacent to an activating group) is 1. The fraction of sp³-hybridized carbons (Fsp3) is 0.400. The number of nitrogens with zero attached hydrogens (tertiary/aromatic N) is 1. The number of sulfonamides is 1. The van der Waals surface area contributed by atoms with Gasteiger partial charge in [0.25, 0.3) is 0 Å². The molecule has 0 saturated heterocycles. The number of hydrogen-bond donors (Lipinski definition) is 1. The van der Waals surface area contributed by atoms with Crippen LogP contribution in [0.5, 0.6) is 0 Å². The molecule has 7 heteroatoms. The smallest absolute Gasteiger partial charge is 0.246 e. The van der Waals surface area contributed by atoms with E-state index in [1.54, 1.807) is 30.2 Å². The van der Waals surface area contributed by atoms with Gasteiger partial charge in [-0.05, 0) is 30.2 Å². The molecular weight excluding hydrogens is 307 g/mol. The number of nitrogens with one attached hydrogen (secondary N) is 1. The fourth-order valence-electron chi connectivity index (χ4n) is 2.97. The normalized spacial score (nSPS) is 27.5. The van der Waals surface area contributed by atoms with Crippen LogP contribution in [0.4, 0.5) is 4.39 Å². The Kier molecular flexibility index (Phi) is 3.78. The van der Waals surface area contributed by atoms with E-state index in [4.69, 9.17) is 0 Å². The third kappa shape index (κ3) is 2.66. The van der Waals surface area contributed by atoms with Crippen LogP contribution in [0.1, 0.15) is 12.0 Å². The zero-order valence-corrected chi connectivity index (χ0v) is 12.9. The lowest BCUT2D eigenvalue weighted by Gasteiger charge is -2.48. The molecule has 1 saturated carbocycles. The van der Waals surface area contributed by atoms with E-state index in [0.29, 0.717) is 12.0 Å². The summed E-state index contributed by atoms with van der Waals surface area (Å²) in [7, 11) is -1.78. The van der Waals surface area contributed by atoms with Crippen molar-refractivity contribution in [2.45, 2.75) is 24.3 Å². The monoisotopic (exact) mass is 324 g/mol. The van der Waals surface area contributed by atoms with Crippen LogP contribution in [0.25, 0.3) is 0 Å². The van der Waals surface area contributed by atoms with Crippen molar-refractivity contribution < 1.29 is 17.6 Å². The van der Waals surface area contributed by atoms with E-state index in [9.17, 15) is 17.6 Å². The second-order valence-corrected chi connectivity index (χ2v) is 7.70. The van der Waals surface area contributed by atoms with Crippen molar-refractivity contribution in [2.24, 2.45) is 5.92 Å². The van der Waals surface area contributed by atoms with Crippen LogP contribution >= 0.6 is 0 Å². The van der Waals surface area contributed by atoms with E-state index in [0.717, 1.165) is 0 Å². The molecule has 0 spiro atoms. The molecule has 1 N–H and O–H groups in total. The summed E-state index contributed by atoms with van der Waals surface area (Å²) in [6.45, 7) is 0.134. The number of fused-ring (bicyclic) bond motifs is 1. The number of benzene rings is 1. The Balaban J connectivity index is 1.66. The highest BCUT2D eigenvalue weighted by atomic mass is 32.2. The number of hydrogen-bond acceptors (Lipinski definition) is 3. The first-order valence-corrected chi connectivity index (χ1v) is 8.61. The highest BCUT2D eigenvalue weighted by Crippen LogP contribution is 2.39. The summed E-state index contributed by atoms with van der Waals surface area (Å²) in [6.07, 6.45) is 3.57. The van der Waals surface area contributed by atoms with E-state index in [1.165, 1.54) is 18.2 Å². The summed E-state index contributed by atoms with van der Waals surface area (Å²) in [6, 6.07) is 5.66. The molecule has 0 bridgehead atoms. The predicted molar refractivity (Wildman–Crippen MR) is 79.8 cm³/mol. The molecule has 1 aliphatic carbocycles. The minimum atomic E-state index is -3.48. The zero-order chi connectivity index (χ0) is 15.9. The van der Waals surface area contributed by atoms with E-state index in [2.05, 4.69) is 4.72 Å². The lowest BCUT2D eigenvalue weighted by Crippen LogP contribution is -2.61. The van der Waals surface area contributed by atoms with Gasteiger partial charge in [0.1, 0.15) is 5.82 Å². The molecule has 3 rings (SSSR count). The zero-order valence-electron chi connectivity index (χ0n) is 12.1. The van der Waals surface area contributed by atoms with Crippen molar-refractivity contribution in [1.82, 2.24) is 9.62 Å².